The van der Waals surface area contributed by atoms with Crippen LogP contribution in [0, 0.1) is 11.8 Å². The second-order valence-electron chi connectivity index (χ2n) is 5.58. The molecule has 3 atom stereocenters. The number of nitrogens with one attached hydrogen (secondary N) is 1. The van der Waals surface area contributed by atoms with Crippen molar-refractivity contribution >= 4 is 0 Å². The fraction of sp³-hybridized carbons (Fsp3) is 1.00. The van der Waals surface area contributed by atoms with Crippen LogP contribution in [0.5, 0.6) is 0 Å². The summed E-state index contributed by atoms with van der Waals surface area (Å²) >= 11 is 0. The summed E-state index contributed by atoms with van der Waals surface area (Å²) in [7, 11) is 0. The molecule has 0 spiro atoms. The van der Waals surface area contributed by atoms with Gasteiger partial charge in [-0.25, -0.2) is 0 Å². The van der Waals surface area contributed by atoms with Crippen LogP contribution < -0.4 is 11.1 Å². The number of rotatable bonds is 6. The highest BCUT2D eigenvalue weighted by atomic mass is 16.3. The lowest BCUT2D eigenvalue weighted by atomic mass is 9.84. The van der Waals surface area contributed by atoms with E-state index in [9.17, 15) is 5.11 Å². The minimum atomic E-state index is -0.208. The van der Waals surface area contributed by atoms with Crippen molar-refractivity contribution in [3.8, 4) is 0 Å². The van der Waals surface area contributed by atoms with Crippen molar-refractivity contribution < 1.29 is 5.11 Å². The molecule has 1 fully saturated rings. The summed E-state index contributed by atoms with van der Waals surface area (Å²) in [5.74, 6) is 1.17. The van der Waals surface area contributed by atoms with Gasteiger partial charge in [0, 0.05) is 12.6 Å². The Balaban J connectivity index is 2.24. The number of nitrogens with two attached hydrogens (primary N) is 1. The van der Waals surface area contributed by atoms with E-state index in [0.717, 1.165) is 19.5 Å². The normalized spacial score (nSPS) is 28.3. The molecule has 96 valence electrons. The number of aliphatic hydroxyl groups is 1. The lowest BCUT2D eigenvalue weighted by Gasteiger charge is -2.32. The topological polar surface area (TPSA) is 58.3 Å². The van der Waals surface area contributed by atoms with Crippen molar-refractivity contribution in [3.63, 3.8) is 0 Å². The van der Waals surface area contributed by atoms with E-state index >= 15 is 0 Å². The highest BCUT2D eigenvalue weighted by Crippen LogP contribution is 2.23. The first-order valence-corrected chi connectivity index (χ1v) is 6.75. The van der Waals surface area contributed by atoms with Crippen LogP contribution in [0.4, 0.5) is 0 Å². The molecular formula is C13H28N2O. The van der Waals surface area contributed by atoms with Gasteiger partial charge in [-0.15, -0.1) is 0 Å². The first-order chi connectivity index (χ1) is 7.63. The molecular weight excluding hydrogens is 200 g/mol. The molecule has 0 aliphatic heterocycles. The average molecular weight is 228 g/mol. The molecule has 0 saturated heterocycles. The molecule has 1 aliphatic carbocycles. The number of hydrogen-bond donors (Lipinski definition) is 3. The van der Waals surface area contributed by atoms with Crippen molar-refractivity contribution in [1.29, 1.82) is 0 Å². The van der Waals surface area contributed by atoms with Crippen molar-refractivity contribution in [2.24, 2.45) is 17.6 Å². The minimum Gasteiger partial charge on any atom is -0.392 e. The maximum absolute atomic E-state index is 9.82. The molecule has 0 amide bonds. The molecule has 0 aromatic carbocycles. The Bertz CT molecular complexity index is 185. The second kappa shape index (κ2) is 7.25. The quantitative estimate of drug-likeness (QED) is 0.646. The minimum absolute atomic E-state index is 0.208. The summed E-state index contributed by atoms with van der Waals surface area (Å²) in [6.45, 7) is 5.79. The standard InChI is InChI=1S/C13H28N2O/c1-10(2)7-12(16)9-15-13-6-4-3-5-11(13)8-14/h10-13,15-16H,3-9,14H2,1-2H3. The lowest BCUT2D eigenvalue weighted by molar-refractivity contribution is 0.133. The Hall–Kier alpha value is -0.120. The van der Waals surface area contributed by atoms with E-state index in [-0.39, 0.29) is 6.10 Å². The third kappa shape index (κ3) is 4.81. The van der Waals surface area contributed by atoms with Gasteiger partial charge in [0.25, 0.3) is 0 Å². The maximum atomic E-state index is 9.82. The second-order valence-corrected chi connectivity index (χ2v) is 5.58. The Morgan fingerprint density at radius 1 is 1.31 bits per heavy atom. The Morgan fingerprint density at radius 3 is 2.62 bits per heavy atom. The van der Waals surface area contributed by atoms with Gasteiger partial charge in [-0.3, -0.25) is 0 Å². The fourth-order valence-corrected chi connectivity index (χ4v) is 2.67. The first-order valence-electron chi connectivity index (χ1n) is 6.75. The SMILES string of the molecule is CC(C)CC(O)CNC1CCCCC1CN. The Morgan fingerprint density at radius 2 is 2.00 bits per heavy atom. The van der Waals surface area contributed by atoms with Gasteiger partial charge in [0.1, 0.15) is 0 Å². The molecule has 0 aromatic heterocycles. The molecule has 1 rings (SSSR count). The van der Waals surface area contributed by atoms with Gasteiger partial charge in [-0.2, -0.15) is 0 Å². The van der Waals surface area contributed by atoms with Crippen molar-refractivity contribution in [2.45, 2.75) is 58.1 Å². The zero-order chi connectivity index (χ0) is 12.0. The Kier molecular flexibility index (Phi) is 6.32. The highest BCUT2D eigenvalue weighted by Gasteiger charge is 2.23. The molecule has 1 aliphatic rings. The van der Waals surface area contributed by atoms with Gasteiger partial charge < -0.3 is 16.2 Å². The molecule has 3 heteroatoms. The van der Waals surface area contributed by atoms with Gasteiger partial charge in [0.05, 0.1) is 6.10 Å². The third-order valence-electron chi connectivity index (χ3n) is 3.57. The van der Waals surface area contributed by atoms with E-state index < -0.39 is 0 Å². The van der Waals surface area contributed by atoms with E-state index in [4.69, 9.17) is 5.73 Å². The predicted octanol–water partition coefficient (Wildman–Crippen LogP) is 1.50. The van der Waals surface area contributed by atoms with Crippen LogP contribution >= 0.6 is 0 Å². The monoisotopic (exact) mass is 228 g/mol. The lowest BCUT2D eigenvalue weighted by Crippen LogP contribution is -2.44. The summed E-state index contributed by atoms with van der Waals surface area (Å²) < 4.78 is 0. The third-order valence-corrected chi connectivity index (χ3v) is 3.57. The smallest absolute Gasteiger partial charge is 0.0667 e. The zero-order valence-corrected chi connectivity index (χ0v) is 10.8. The first kappa shape index (κ1) is 13.9. The summed E-state index contributed by atoms with van der Waals surface area (Å²) in [5.41, 5.74) is 5.78. The molecule has 3 unspecified atom stereocenters. The zero-order valence-electron chi connectivity index (χ0n) is 10.8. The van der Waals surface area contributed by atoms with Crippen LogP contribution in [0.1, 0.15) is 46.0 Å². The van der Waals surface area contributed by atoms with E-state index in [1.807, 2.05) is 0 Å². The van der Waals surface area contributed by atoms with Gasteiger partial charge >= 0.3 is 0 Å². The average Bonchev–Trinajstić information content (AvgIpc) is 2.26. The van der Waals surface area contributed by atoms with Crippen LogP contribution in [0.2, 0.25) is 0 Å². The summed E-state index contributed by atoms with van der Waals surface area (Å²) in [4.78, 5) is 0. The summed E-state index contributed by atoms with van der Waals surface area (Å²) in [6, 6.07) is 0.528. The van der Waals surface area contributed by atoms with Crippen LogP contribution in [0.3, 0.4) is 0 Å². The van der Waals surface area contributed by atoms with Gasteiger partial charge in [-0.05, 0) is 37.6 Å². The maximum Gasteiger partial charge on any atom is 0.0667 e. The van der Waals surface area contributed by atoms with Gasteiger partial charge in [0.15, 0.2) is 0 Å². The molecule has 0 aromatic rings. The molecule has 0 heterocycles. The molecule has 0 bridgehead atoms. The van der Waals surface area contributed by atoms with Crippen molar-refractivity contribution in [2.75, 3.05) is 13.1 Å². The predicted molar refractivity (Wildman–Crippen MR) is 68.3 cm³/mol. The summed E-state index contributed by atoms with van der Waals surface area (Å²) in [5, 5.41) is 13.3. The van der Waals surface area contributed by atoms with E-state index in [0.29, 0.717) is 17.9 Å². The molecule has 0 radical (unpaired) electrons. The fourth-order valence-electron chi connectivity index (χ4n) is 2.67. The van der Waals surface area contributed by atoms with E-state index in [2.05, 4.69) is 19.2 Å². The van der Waals surface area contributed by atoms with Crippen LogP contribution in [0.15, 0.2) is 0 Å². The van der Waals surface area contributed by atoms with Crippen LogP contribution in [-0.2, 0) is 0 Å². The van der Waals surface area contributed by atoms with E-state index in [1.165, 1.54) is 25.7 Å². The number of hydrogen-bond acceptors (Lipinski definition) is 3. The largest absolute Gasteiger partial charge is 0.392 e. The highest BCUT2D eigenvalue weighted by molar-refractivity contribution is 4.82. The van der Waals surface area contributed by atoms with Crippen LogP contribution in [-0.4, -0.2) is 30.3 Å². The summed E-state index contributed by atoms with van der Waals surface area (Å²) in [6.07, 6.45) is 5.75. The number of aliphatic hydroxyl groups excluding tert-OH is 1. The van der Waals surface area contributed by atoms with Gasteiger partial charge in [-0.1, -0.05) is 26.7 Å². The molecule has 3 nitrogen and oxygen atoms in total. The van der Waals surface area contributed by atoms with Crippen LogP contribution in [0.25, 0.3) is 0 Å². The molecule has 1 saturated carbocycles. The molecule has 4 N–H and O–H groups in total. The van der Waals surface area contributed by atoms with Crippen molar-refractivity contribution in [3.05, 3.63) is 0 Å². The Labute approximate surface area is 99.8 Å². The van der Waals surface area contributed by atoms with Crippen molar-refractivity contribution in [1.82, 2.24) is 5.32 Å². The molecule has 16 heavy (non-hydrogen) atoms. The van der Waals surface area contributed by atoms with E-state index in [1.54, 1.807) is 0 Å². The van der Waals surface area contributed by atoms with Gasteiger partial charge in [0.2, 0.25) is 0 Å².